The van der Waals surface area contributed by atoms with Crippen molar-refractivity contribution in [3.8, 4) is 0 Å². The molecule has 0 unspecified atom stereocenters. The van der Waals surface area contributed by atoms with Gasteiger partial charge in [-0.2, -0.15) is 0 Å². The molecule has 0 bridgehead atoms. The summed E-state index contributed by atoms with van der Waals surface area (Å²) in [5.74, 6) is -1.94. The lowest BCUT2D eigenvalue weighted by molar-refractivity contribution is -0.143. The van der Waals surface area contributed by atoms with E-state index < -0.39 is 17.4 Å². The van der Waals surface area contributed by atoms with Crippen molar-refractivity contribution in [1.82, 2.24) is 0 Å². The highest BCUT2D eigenvalue weighted by Crippen LogP contribution is 2.39. The molecule has 0 aromatic heterocycles. The molecule has 0 aliphatic rings. The Labute approximate surface area is 165 Å². The van der Waals surface area contributed by atoms with Gasteiger partial charge in [-0.1, -0.05) is 72.8 Å². The zero-order chi connectivity index (χ0) is 20.9. The third-order valence-corrected chi connectivity index (χ3v) is 5.00. The molecular weight excluding hydrogens is 352 g/mol. The highest BCUT2D eigenvalue weighted by atomic mass is 16.4. The average Bonchev–Trinajstić information content (AvgIpc) is 2.65. The molecule has 0 aliphatic carbocycles. The van der Waals surface area contributed by atoms with Crippen LogP contribution in [0.3, 0.4) is 0 Å². The van der Waals surface area contributed by atoms with Crippen LogP contribution in [0.1, 0.15) is 55.4 Å². The minimum absolute atomic E-state index is 0.0879. The maximum Gasteiger partial charge on any atom is 0.318 e. The van der Waals surface area contributed by atoms with Gasteiger partial charge in [0.05, 0.1) is 0 Å². The SMILES string of the molecule is C=C(C)c1cccc(C(CCCC(=O)O)(C(=O)O)c2cccc(C(=C)C)c2)c1. The maximum absolute atomic E-state index is 12.7. The quantitative estimate of drug-likeness (QED) is 0.614. The van der Waals surface area contributed by atoms with E-state index in [4.69, 9.17) is 5.11 Å². The molecule has 0 spiro atoms. The fraction of sp³-hybridized carbons (Fsp3) is 0.250. The number of rotatable bonds is 9. The zero-order valence-electron chi connectivity index (χ0n) is 16.4. The summed E-state index contributed by atoms with van der Waals surface area (Å²) in [7, 11) is 0. The summed E-state index contributed by atoms with van der Waals surface area (Å²) in [6.45, 7) is 11.6. The number of carbonyl (C=O) groups is 2. The van der Waals surface area contributed by atoms with E-state index in [0.717, 1.165) is 22.3 Å². The molecule has 0 heterocycles. The second-order valence-corrected chi connectivity index (χ2v) is 7.18. The lowest BCUT2D eigenvalue weighted by atomic mass is 9.70. The molecule has 28 heavy (non-hydrogen) atoms. The minimum atomic E-state index is -1.35. The Morgan fingerprint density at radius 3 is 1.71 bits per heavy atom. The van der Waals surface area contributed by atoms with Crippen LogP contribution < -0.4 is 0 Å². The van der Waals surface area contributed by atoms with E-state index in [2.05, 4.69) is 13.2 Å². The predicted octanol–water partition coefficient (Wildman–Crippen LogP) is 5.38. The van der Waals surface area contributed by atoms with Crippen LogP contribution >= 0.6 is 0 Å². The molecular formula is C24H26O4. The summed E-state index contributed by atoms with van der Waals surface area (Å²) >= 11 is 0. The van der Waals surface area contributed by atoms with Crippen LogP contribution in [0, 0.1) is 0 Å². The molecule has 0 fully saturated rings. The lowest BCUT2D eigenvalue weighted by Gasteiger charge is -2.31. The van der Waals surface area contributed by atoms with Gasteiger partial charge in [-0.05, 0) is 48.9 Å². The van der Waals surface area contributed by atoms with Crippen molar-refractivity contribution < 1.29 is 19.8 Å². The fourth-order valence-electron chi connectivity index (χ4n) is 3.41. The van der Waals surface area contributed by atoms with Crippen molar-refractivity contribution in [2.45, 2.75) is 38.5 Å². The van der Waals surface area contributed by atoms with E-state index in [9.17, 15) is 14.7 Å². The van der Waals surface area contributed by atoms with Crippen molar-refractivity contribution in [3.05, 3.63) is 83.9 Å². The molecule has 4 heteroatoms. The van der Waals surface area contributed by atoms with Crippen LogP contribution in [-0.2, 0) is 15.0 Å². The number of hydrogen-bond acceptors (Lipinski definition) is 2. The molecule has 0 atom stereocenters. The predicted molar refractivity (Wildman–Crippen MR) is 112 cm³/mol. The van der Waals surface area contributed by atoms with Crippen LogP contribution in [0.4, 0.5) is 0 Å². The van der Waals surface area contributed by atoms with Crippen molar-refractivity contribution in [3.63, 3.8) is 0 Å². The molecule has 0 saturated carbocycles. The average molecular weight is 378 g/mol. The van der Waals surface area contributed by atoms with Gasteiger partial charge in [0.1, 0.15) is 5.41 Å². The number of aliphatic carboxylic acids is 2. The van der Waals surface area contributed by atoms with Crippen LogP contribution in [-0.4, -0.2) is 22.2 Å². The monoisotopic (exact) mass is 378 g/mol. The van der Waals surface area contributed by atoms with Crippen molar-refractivity contribution in [2.24, 2.45) is 0 Å². The fourth-order valence-corrected chi connectivity index (χ4v) is 3.41. The third kappa shape index (κ3) is 4.39. The number of carboxylic acid groups (broad SMARTS) is 2. The number of allylic oxidation sites excluding steroid dienone is 2. The highest BCUT2D eigenvalue weighted by molar-refractivity contribution is 5.87. The van der Waals surface area contributed by atoms with E-state index in [0.29, 0.717) is 11.1 Å². The zero-order valence-corrected chi connectivity index (χ0v) is 16.4. The molecule has 2 aromatic carbocycles. The Bertz CT molecular complexity index is 866. The summed E-state index contributed by atoms with van der Waals surface area (Å²) in [6.07, 6.45) is 0.333. The maximum atomic E-state index is 12.7. The van der Waals surface area contributed by atoms with E-state index in [-0.39, 0.29) is 19.3 Å². The second kappa shape index (κ2) is 8.70. The van der Waals surface area contributed by atoms with Gasteiger partial charge in [0.2, 0.25) is 0 Å². The van der Waals surface area contributed by atoms with Crippen LogP contribution in [0.15, 0.2) is 61.7 Å². The molecule has 0 amide bonds. The van der Waals surface area contributed by atoms with E-state index in [1.165, 1.54) is 0 Å². The molecule has 146 valence electrons. The Balaban J connectivity index is 2.71. The summed E-state index contributed by atoms with van der Waals surface area (Å²) in [5.41, 5.74) is 3.26. The van der Waals surface area contributed by atoms with Gasteiger partial charge in [0.25, 0.3) is 0 Å². The molecule has 4 nitrogen and oxygen atoms in total. The summed E-state index contributed by atoms with van der Waals surface area (Å²) in [5, 5.41) is 19.4. The van der Waals surface area contributed by atoms with Crippen LogP contribution in [0.25, 0.3) is 11.1 Å². The third-order valence-electron chi connectivity index (χ3n) is 5.00. The van der Waals surface area contributed by atoms with Crippen LogP contribution in [0.5, 0.6) is 0 Å². The van der Waals surface area contributed by atoms with Crippen LogP contribution in [0.2, 0.25) is 0 Å². The van der Waals surface area contributed by atoms with Crippen molar-refractivity contribution in [1.29, 1.82) is 0 Å². The van der Waals surface area contributed by atoms with Crippen molar-refractivity contribution >= 4 is 23.1 Å². The molecule has 0 aliphatic heterocycles. The van der Waals surface area contributed by atoms with Gasteiger partial charge in [0, 0.05) is 6.42 Å². The Hall–Kier alpha value is -3.14. The minimum Gasteiger partial charge on any atom is -0.481 e. The lowest BCUT2D eigenvalue weighted by Crippen LogP contribution is -2.37. The normalized spacial score (nSPS) is 11.1. The second-order valence-electron chi connectivity index (χ2n) is 7.18. The largest absolute Gasteiger partial charge is 0.481 e. The topological polar surface area (TPSA) is 74.6 Å². The summed E-state index contributed by atoms with van der Waals surface area (Å²) < 4.78 is 0. The Morgan fingerprint density at radius 2 is 1.36 bits per heavy atom. The number of hydrogen-bond donors (Lipinski definition) is 2. The van der Waals surface area contributed by atoms with Gasteiger partial charge < -0.3 is 10.2 Å². The van der Waals surface area contributed by atoms with Gasteiger partial charge in [0.15, 0.2) is 0 Å². The van der Waals surface area contributed by atoms with Gasteiger partial charge >= 0.3 is 11.9 Å². The van der Waals surface area contributed by atoms with Gasteiger partial charge in [-0.25, -0.2) is 0 Å². The summed E-state index contributed by atoms with van der Waals surface area (Å²) in [6, 6.07) is 14.7. The Kier molecular flexibility index (Phi) is 6.57. The molecule has 2 aromatic rings. The van der Waals surface area contributed by atoms with E-state index in [1.54, 1.807) is 12.1 Å². The molecule has 2 rings (SSSR count). The standard InChI is InChI=1S/C24H26O4/c1-16(2)18-8-5-10-20(14-18)24(23(27)28,13-7-12-22(25)26)21-11-6-9-19(15-21)17(3)4/h5-6,8-11,14-15H,1,3,7,12-13H2,2,4H3,(H,25,26)(H,27,28). The molecule has 0 saturated heterocycles. The highest BCUT2D eigenvalue weighted by Gasteiger charge is 2.42. The van der Waals surface area contributed by atoms with Gasteiger partial charge in [-0.3, -0.25) is 9.59 Å². The molecule has 2 N–H and O–H groups in total. The number of benzene rings is 2. The van der Waals surface area contributed by atoms with E-state index in [1.807, 2.05) is 50.2 Å². The summed E-state index contributed by atoms with van der Waals surface area (Å²) in [4.78, 5) is 23.7. The first-order valence-electron chi connectivity index (χ1n) is 9.16. The first-order chi connectivity index (χ1) is 13.2. The first kappa shape index (κ1) is 21.2. The van der Waals surface area contributed by atoms with E-state index >= 15 is 0 Å². The number of carboxylic acids is 2. The first-order valence-corrected chi connectivity index (χ1v) is 9.16. The Morgan fingerprint density at radius 1 is 0.893 bits per heavy atom. The smallest absolute Gasteiger partial charge is 0.318 e. The molecule has 0 radical (unpaired) electrons. The van der Waals surface area contributed by atoms with Crippen molar-refractivity contribution in [2.75, 3.05) is 0 Å². The van der Waals surface area contributed by atoms with Gasteiger partial charge in [-0.15, -0.1) is 0 Å².